The second-order valence-electron chi connectivity index (χ2n) is 7.18. The molecule has 0 saturated heterocycles. The van der Waals surface area contributed by atoms with Crippen molar-refractivity contribution in [3.05, 3.63) is 11.3 Å². The second kappa shape index (κ2) is 9.14. The Hall–Kier alpha value is 0.134. The van der Waals surface area contributed by atoms with E-state index in [4.69, 9.17) is 0 Å². The van der Waals surface area contributed by atoms with Gasteiger partial charge in [-0.2, -0.15) is 0 Å². The average molecular weight is 300 g/mol. The highest BCUT2D eigenvalue weighted by Gasteiger charge is 2.41. The molecule has 0 atom stereocenters. The van der Waals surface area contributed by atoms with Crippen LogP contribution in [-0.4, -0.2) is 30.3 Å². The Labute approximate surface area is 125 Å². The Kier molecular flexibility index (Phi) is 9.20. The molecule has 1 nitrogen and oxygen atoms in total. The van der Waals surface area contributed by atoms with Crippen molar-refractivity contribution in [2.75, 3.05) is 12.7 Å². The van der Waals surface area contributed by atoms with Gasteiger partial charge in [-0.1, -0.05) is 47.1 Å². The lowest BCUT2D eigenvalue weighted by Crippen LogP contribution is -2.53. The van der Waals surface area contributed by atoms with Gasteiger partial charge in [0.05, 0.1) is 8.07 Å². The van der Waals surface area contributed by atoms with E-state index in [-0.39, 0.29) is 9.52 Å². The van der Waals surface area contributed by atoms with Crippen LogP contribution in [0.25, 0.3) is 0 Å². The third-order valence-electron chi connectivity index (χ3n) is 4.77. The molecule has 3 heteroatoms. The Morgan fingerprint density at radius 1 is 1.00 bits per heavy atom. The van der Waals surface area contributed by atoms with Crippen LogP contribution in [0, 0.1) is 0 Å². The molecular weight excluding hydrogens is 262 g/mol. The van der Waals surface area contributed by atoms with Crippen LogP contribution < -0.4 is 5.32 Å². The molecule has 1 N–H and O–H groups in total. The molecule has 0 spiro atoms. The number of hydrogen-bond acceptors (Lipinski definition) is 1. The fourth-order valence-corrected chi connectivity index (χ4v) is 10.6. The van der Waals surface area contributed by atoms with Gasteiger partial charge in [-0.25, -0.2) is 0 Å². The third kappa shape index (κ3) is 5.96. The second-order valence-corrected chi connectivity index (χ2v) is 14.9. The number of rotatable bonds is 9. The third-order valence-corrected chi connectivity index (χ3v) is 13.9. The van der Waals surface area contributed by atoms with Crippen molar-refractivity contribution in [3.8, 4) is 0 Å². The molecule has 0 aliphatic carbocycles. The van der Waals surface area contributed by atoms with Crippen molar-refractivity contribution in [3.63, 3.8) is 0 Å². The summed E-state index contributed by atoms with van der Waals surface area (Å²) < 4.78 is 0. The molecule has 0 aromatic rings. The first-order chi connectivity index (χ1) is 8.75. The minimum atomic E-state index is -1.22. The monoisotopic (exact) mass is 299 g/mol. The Bertz CT molecular complexity index is 244. The Balaban J connectivity index is 4.33. The minimum Gasteiger partial charge on any atom is -0.320 e. The molecule has 0 aliphatic rings. The summed E-state index contributed by atoms with van der Waals surface area (Å²) in [7, 11) is -1.19. The highest BCUT2D eigenvalue weighted by molar-refractivity contribution is 6.83. The summed E-state index contributed by atoms with van der Waals surface area (Å²) in [5.74, 6) is 0. The van der Waals surface area contributed by atoms with E-state index in [1.165, 1.54) is 24.3 Å². The van der Waals surface area contributed by atoms with Gasteiger partial charge in [0, 0.05) is 9.52 Å². The Morgan fingerprint density at radius 3 is 1.84 bits per heavy atom. The molecule has 0 rings (SSSR count). The zero-order valence-electron chi connectivity index (χ0n) is 14.6. The van der Waals surface area contributed by atoms with E-state index < -0.39 is 8.07 Å². The highest BCUT2D eigenvalue weighted by atomic mass is 28.3. The maximum atomic E-state index is 3.81. The van der Waals surface area contributed by atoms with Crippen LogP contribution >= 0.6 is 0 Å². The Morgan fingerprint density at radius 2 is 1.47 bits per heavy atom. The quantitative estimate of drug-likeness (QED) is 0.494. The molecular formula is C16H37NSi2. The van der Waals surface area contributed by atoms with Crippen LogP contribution in [0.2, 0.25) is 22.7 Å². The van der Waals surface area contributed by atoms with Crippen LogP contribution in [0.4, 0.5) is 0 Å². The van der Waals surface area contributed by atoms with E-state index in [1.54, 1.807) is 0 Å². The summed E-state index contributed by atoms with van der Waals surface area (Å²) in [4.78, 5) is 0. The SMILES string of the molecule is CC(C)=C[SiH2]CCNC[Si](C(C)C)(C(C)C)C(C)C. The summed E-state index contributed by atoms with van der Waals surface area (Å²) in [6.07, 6.45) is 1.31. The van der Waals surface area contributed by atoms with Crippen molar-refractivity contribution in [1.82, 2.24) is 5.32 Å². The van der Waals surface area contributed by atoms with Crippen LogP contribution in [0.5, 0.6) is 0 Å². The first-order valence-corrected chi connectivity index (χ1v) is 12.3. The molecule has 0 heterocycles. The van der Waals surface area contributed by atoms with Gasteiger partial charge >= 0.3 is 0 Å². The van der Waals surface area contributed by atoms with Gasteiger partial charge < -0.3 is 5.32 Å². The number of nitrogens with one attached hydrogen (secondary N) is 1. The lowest BCUT2D eigenvalue weighted by molar-refractivity contribution is 0.731. The van der Waals surface area contributed by atoms with Crippen molar-refractivity contribution in [2.45, 2.75) is 78.1 Å². The van der Waals surface area contributed by atoms with Crippen LogP contribution in [0.1, 0.15) is 55.4 Å². The first kappa shape index (κ1) is 19.1. The summed E-state index contributed by atoms with van der Waals surface area (Å²) >= 11 is 0. The summed E-state index contributed by atoms with van der Waals surface area (Å²) in [5, 5.41) is 3.81. The van der Waals surface area contributed by atoms with Gasteiger partial charge in [0.2, 0.25) is 0 Å². The van der Waals surface area contributed by atoms with Gasteiger partial charge in [0.15, 0.2) is 0 Å². The van der Waals surface area contributed by atoms with Gasteiger partial charge in [-0.05, 0) is 49.2 Å². The molecule has 114 valence electrons. The van der Waals surface area contributed by atoms with E-state index in [2.05, 4.69) is 66.4 Å². The fraction of sp³-hybridized carbons (Fsp3) is 0.875. The van der Waals surface area contributed by atoms with E-state index in [9.17, 15) is 0 Å². The van der Waals surface area contributed by atoms with Crippen molar-refractivity contribution in [2.24, 2.45) is 0 Å². The van der Waals surface area contributed by atoms with Crippen LogP contribution in [0.15, 0.2) is 11.3 Å². The standard InChI is InChI=1S/C16H37NSi2/c1-13(2)11-18-10-9-17-12-19(14(3)4,15(5)6)16(7)8/h11,14-17H,9-10,12,18H2,1-8H3. The summed E-state index contributed by atoms with van der Waals surface area (Å²) in [6.45, 7) is 20.4. The predicted molar refractivity (Wildman–Crippen MR) is 96.7 cm³/mol. The normalized spacial score (nSPS) is 13.2. The minimum absolute atomic E-state index is 0.0325. The van der Waals surface area contributed by atoms with E-state index in [0.29, 0.717) is 0 Å². The molecule has 0 aliphatic heterocycles. The highest BCUT2D eigenvalue weighted by Crippen LogP contribution is 2.40. The summed E-state index contributed by atoms with van der Waals surface area (Å²) in [6, 6.07) is 1.41. The van der Waals surface area contributed by atoms with Crippen molar-refractivity contribution < 1.29 is 0 Å². The molecule has 0 bridgehead atoms. The number of hydrogen-bond donors (Lipinski definition) is 1. The smallest absolute Gasteiger partial charge is 0.0762 e. The lowest BCUT2D eigenvalue weighted by atomic mass is 10.4. The van der Waals surface area contributed by atoms with Crippen LogP contribution in [0.3, 0.4) is 0 Å². The molecule has 0 unspecified atom stereocenters. The molecule has 19 heavy (non-hydrogen) atoms. The maximum Gasteiger partial charge on any atom is 0.0762 e. The molecule has 0 amide bonds. The zero-order chi connectivity index (χ0) is 15.1. The topological polar surface area (TPSA) is 12.0 Å². The maximum absolute atomic E-state index is 3.81. The molecule has 0 aromatic heterocycles. The van der Waals surface area contributed by atoms with Gasteiger partial charge in [0.1, 0.15) is 0 Å². The van der Waals surface area contributed by atoms with Crippen molar-refractivity contribution in [1.29, 1.82) is 0 Å². The van der Waals surface area contributed by atoms with Gasteiger partial charge in [-0.3, -0.25) is 0 Å². The molecule has 0 saturated carbocycles. The van der Waals surface area contributed by atoms with Crippen LogP contribution in [-0.2, 0) is 0 Å². The lowest BCUT2D eigenvalue weighted by Gasteiger charge is -2.43. The molecule has 0 aromatic carbocycles. The van der Waals surface area contributed by atoms with Gasteiger partial charge in [0.25, 0.3) is 0 Å². The summed E-state index contributed by atoms with van der Waals surface area (Å²) in [5.41, 5.74) is 6.60. The number of allylic oxidation sites excluding steroid dienone is 1. The molecule has 0 radical (unpaired) electrons. The van der Waals surface area contributed by atoms with Crippen molar-refractivity contribution >= 4 is 17.6 Å². The largest absolute Gasteiger partial charge is 0.320 e. The fourth-order valence-electron chi connectivity index (χ4n) is 3.54. The van der Waals surface area contributed by atoms with E-state index >= 15 is 0 Å². The van der Waals surface area contributed by atoms with E-state index in [0.717, 1.165) is 16.6 Å². The van der Waals surface area contributed by atoms with Gasteiger partial charge in [-0.15, -0.1) is 5.70 Å². The zero-order valence-corrected chi connectivity index (χ0v) is 17.1. The predicted octanol–water partition coefficient (Wildman–Crippen LogP) is 4.30. The molecule has 0 fully saturated rings. The average Bonchev–Trinajstić information content (AvgIpc) is 2.26. The first-order valence-electron chi connectivity index (χ1n) is 8.09. The van der Waals surface area contributed by atoms with E-state index in [1.807, 2.05) is 0 Å².